The van der Waals surface area contributed by atoms with E-state index in [1.54, 1.807) is 12.1 Å². The van der Waals surface area contributed by atoms with Gasteiger partial charge < -0.3 is 9.73 Å². The summed E-state index contributed by atoms with van der Waals surface area (Å²) in [5.74, 6) is 0.422. The standard InChI is InChI=1S/C15H15BrF3N3O2/c16-12-13(9-3-4-9)22(21-14(12)15(17,18)19)6-5-11(23)20-8-10-2-1-7-24-10/h1-2,7,9H,3-6,8H2,(H,20,23). The van der Waals surface area contributed by atoms with Crippen LogP contribution in [0.4, 0.5) is 13.2 Å². The molecule has 130 valence electrons. The second kappa shape index (κ2) is 6.62. The Morgan fingerprint density at radius 3 is 2.79 bits per heavy atom. The van der Waals surface area contributed by atoms with Crippen molar-refractivity contribution in [2.45, 2.75) is 44.4 Å². The molecule has 24 heavy (non-hydrogen) atoms. The van der Waals surface area contributed by atoms with Crippen LogP contribution in [-0.4, -0.2) is 15.7 Å². The Bertz CT molecular complexity index is 721. The predicted molar refractivity (Wildman–Crippen MR) is 82.1 cm³/mol. The van der Waals surface area contributed by atoms with E-state index in [-0.39, 0.29) is 35.8 Å². The Morgan fingerprint density at radius 1 is 1.46 bits per heavy atom. The summed E-state index contributed by atoms with van der Waals surface area (Å²) >= 11 is 3.03. The minimum absolute atomic E-state index is 0.00602. The van der Waals surface area contributed by atoms with Gasteiger partial charge in [0, 0.05) is 12.3 Å². The zero-order valence-electron chi connectivity index (χ0n) is 12.6. The molecule has 0 unspecified atom stereocenters. The molecule has 0 bridgehead atoms. The van der Waals surface area contributed by atoms with Crippen LogP contribution in [-0.2, 0) is 24.1 Å². The summed E-state index contributed by atoms with van der Waals surface area (Å²) in [5, 5.41) is 6.33. The van der Waals surface area contributed by atoms with E-state index in [1.807, 2.05) is 0 Å². The van der Waals surface area contributed by atoms with Gasteiger partial charge in [0.25, 0.3) is 0 Å². The number of hydrogen-bond acceptors (Lipinski definition) is 3. The number of amides is 1. The Hall–Kier alpha value is -1.77. The summed E-state index contributed by atoms with van der Waals surface area (Å²) < 4.78 is 45.4. The number of nitrogens with zero attached hydrogens (tertiary/aromatic N) is 2. The average Bonchev–Trinajstić information content (AvgIpc) is 3.08. The maximum atomic E-state index is 13.0. The van der Waals surface area contributed by atoms with Gasteiger partial charge in [0.05, 0.1) is 29.5 Å². The van der Waals surface area contributed by atoms with E-state index in [2.05, 4.69) is 26.3 Å². The fraction of sp³-hybridized carbons (Fsp3) is 0.467. The molecule has 9 heteroatoms. The molecule has 1 saturated carbocycles. The number of hydrogen-bond donors (Lipinski definition) is 1. The molecule has 0 saturated heterocycles. The van der Waals surface area contributed by atoms with Gasteiger partial charge in [-0.2, -0.15) is 18.3 Å². The lowest BCUT2D eigenvalue weighted by Gasteiger charge is -2.07. The van der Waals surface area contributed by atoms with Crippen molar-refractivity contribution in [2.75, 3.05) is 0 Å². The fourth-order valence-electron chi connectivity index (χ4n) is 2.45. The minimum Gasteiger partial charge on any atom is -0.467 e. The maximum absolute atomic E-state index is 13.0. The summed E-state index contributed by atoms with van der Waals surface area (Å²) in [6.07, 6.45) is -1.29. The van der Waals surface area contributed by atoms with E-state index in [0.717, 1.165) is 12.8 Å². The molecule has 2 aromatic rings. The van der Waals surface area contributed by atoms with Gasteiger partial charge in [0.1, 0.15) is 5.76 Å². The van der Waals surface area contributed by atoms with Crippen molar-refractivity contribution in [3.05, 3.63) is 40.0 Å². The number of aromatic nitrogens is 2. The van der Waals surface area contributed by atoms with Crippen molar-refractivity contribution < 1.29 is 22.4 Å². The molecule has 0 aromatic carbocycles. The van der Waals surface area contributed by atoms with Crippen LogP contribution < -0.4 is 5.32 Å². The highest BCUT2D eigenvalue weighted by atomic mass is 79.9. The quantitative estimate of drug-likeness (QED) is 0.793. The molecular weight excluding hydrogens is 391 g/mol. The van der Waals surface area contributed by atoms with Gasteiger partial charge in [0.15, 0.2) is 5.69 Å². The lowest BCUT2D eigenvalue weighted by atomic mass is 10.2. The van der Waals surface area contributed by atoms with Crippen molar-refractivity contribution >= 4 is 21.8 Å². The van der Waals surface area contributed by atoms with E-state index >= 15 is 0 Å². The van der Waals surface area contributed by atoms with Gasteiger partial charge in [-0.3, -0.25) is 9.48 Å². The third-order valence-corrected chi connectivity index (χ3v) is 4.54. The lowest BCUT2D eigenvalue weighted by molar-refractivity contribution is -0.142. The minimum atomic E-state index is -4.52. The number of carbonyl (C=O) groups is 1. The normalized spacial score (nSPS) is 14.8. The first-order valence-electron chi connectivity index (χ1n) is 7.48. The summed E-state index contributed by atoms with van der Waals surface area (Å²) in [6, 6.07) is 3.44. The molecule has 1 fully saturated rings. The molecule has 1 aliphatic rings. The number of halogens is 4. The number of nitrogens with one attached hydrogen (secondary N) is 1. The maximum Gasteiger partial charge on any atom is 0.436 e. The van der Waals surface area contributed by atoms with Gasteiger partial charge in [-0.05, 0) is 40.9 Å². The van der Waals surface area contributed by atoms with Crippen LogP contribution in [0.3, 0.4) is 0 Å². The van der Waals surface area contributed by atoms with Crippen LogP contribution in [0.25, 0.3) is 0 Å². The number of furan rings is 1. The zero-order valence-corrected chi connectivity index (χ0v) is 14.2. The first-order chi connectivity index (χ1) is 11.4. The van der Waals surface area contributed by atoms with Gasteiger partial charge in [-0.1, -0.05) is 0 Å². The van der Waals surface area contributed by atoms with Crippen molar-refractivity contribution in [3.8, 4) is 0 Å². The summed E-state index contributed by atoms with van der Waals surface area (Å²) in [5.41, 5.74) is -0.401. The number of aryl methyl sites for hydroxylation is 1. The summed E-state index contributed by atoms with van der Waals surface area (Å²) in [6.45, 7) is 0.350. The second-order valence-electron chi connectivity index (χ2n) is 5.65. The molecule has 2 heterocycles. The van der Waals surface area contributed by atoms with Gasteiger partial charge in [-0.15, -0.1) is 0 Å². The van der Waals surface area contributed by atoms with E-state index in [0.29, 0.717) is 11.5 Å². The fourth-order valence-corrected chi connectivity index (χ4v) is 3.28. The van der Waals surface area contributed by atoms with Gasteiger partial charge >= 0.3 is 6.18 Å². The van der Waals surface area contributed by atoms with Gasteiger partial charge in [-0.25, -0.2) is 0 Å². The van der Waals surface area contributed by atoms with Crippen molar-refractivity contribution in [3.63, 3.8) is 0 Å². The molecular formula is C15H15BrF3N3O2. The third kappa shape index (κ3) is 3.82. The Labute approximate surface area is 144 Å². The SMILES string of the molecule is O=C(CCn1nc(C(F)(F)F)c(Br)c1C1CC1)NCc1ccco1. The molecule has 1 amide bonds. The number of carbonyl (C=O) groups excluding carboxylic acids is 1. The highest BCUT2D eigenvalue weighted by Gasteiger charge is 2.41. The van der Waals surface area contributed by atoms with Gasteiger partial charge in [0.2, 0.25) is 5.91 Å². The topological polar surface area (TPSA) is 60.1 Å². The van der Waals surface area contributed by atoms with E-state index < -0.39 is 11.9 Å². The molecule has 0 aliphatic heterocycles. The van der Waals surface area contributed by atoms with Crippen LogP contribution >= 0.6 is 15.9 Å². The molecule has 3 rings (SSSR count). The highest BCUT2D eigenvalue weighted by Crippen LogP contribution is 2.46. The molecule has 0 spiro atoms. The van der Waals surface area contributed by atoms with Crippen LogP contribution in [0.1, 0.15) is 42.3 Å². The first-order valence-corrected chi connectivity index (χ1v) is 8.28. The predicted octanol–water partition coefficient (Wildman–Crippen LogP) is 3.84. The van der Waals surface area contributed by atoms with E-state index in [4.69, 9.17) is 4.42 Å². The largest absolute Gasteiger partial charge is 0.467 e. The number of alkyl halides is 3. The van der Waals surface area contributed by atoms with Crippen molar-refractivity contribution in [1.29, 1.82) is 0 Å². The lowest BCUT2D eigenvalue weighted by Crippen LogP contribution is -2.24. The van der Waals surface area contributed by atoms with E-state index in [9.17, 15) is 18.0 Å². The van der Waals surface area contributed by atoms with Crippen LogP contribution in [0.5, 0.6) is 0 Å². The molecule has 1 N–H and O–H groups in total. The second-order valence-corrected chi connectivity index (χ2v) is 6.44. The Balaban J connectivity index is 1.65. The number of rotatable bonds is 6. The molecule has 0 atom stereocenters. The average molecular weight is 406 g/mol. The zero-order chi connectivity index (χ0) is 17.3. The first kappa shape index (κ1) is 17.1. The van der Waals surface area contributed by atoms with Crippen LogP contribution in [0.15, 0.2) is 27.3 Å². The Kier molecular flexibility index (Phi) is 4.71. The van der Waals surface area contributed by atoms with Crippen molar-refractivity contribution in [2.24, 2.45) is 0 Å². The Morgan fingerprint density at radius 2 is 2.21 bits per heavy atom. The molecule has 2 aromatic heterocycles. The summed E-state index contributed by atoms with van der Waals surface area (Å²) in [7, 11) is 0. The highest BCUT2D eigenvalue weighted by molar-refractivity contribution is 9.10. The summed E-state index contributed by atoms with van der Waals surface area (Å²) in [4.78, 5) is 11.9. The molecule has 1 aliphatic carbocycles. The van der Waals surface area contributed by atoms with Crippen LogP contribution in [0.2, 0.25) is 0 Å². The molecule has 0 radical (unpaired) electrons. The third-order valence-electron chi connectivity index (χ3n) is 3.75. The van der Waals surface area contributed by atoms with E-state index in [1.165, 1.54) is 10.9 Å². The molecule has 5 nitrogen and oxygen atoms in total. The monoisotopic (exact) mass is 405 g/mol. The van der Waals surface area contributed by atoms with Crippen LogP contribution in [0, 0.1) is 0 Å². The van der Waals surface area contributed by atoms with Crippen molar-refractivity contribution in [1.82, 2.24) is 15.1 Å². The smallest absolute Gasteiger partial charge is 0.436 e.